The third-order valence-electron chi connectivity index (χ3n) is 5.12. The molecular weight excluding hydrogens is 386 g/mol. The van der Waals surface area contributed by atoms with Crippen molar-refractivity contribution < 1.29 is 14.4 Å². The maximum atomic E-state index is 13.0. The van der Waals surface area contributed by atoms with Crippen LogP contribution in [0.1, 0.15) is 40.5 Å². The molecule has 0 radical (unpaired) electrons. The van der Waals surface area contributed by atoms with Crippen LogP contribution in [0, 0.1) is 0 Å². The van der Waals surface area contributed by atoms with Crippen LogP contribution >= 0.6 is 11.8 Å². The molecule has 0 N–H and O–H groups in total. The van der Waals surface area contributed by atoms with Crippen molar-refractivity contribution >= 4 is 40.3 Å². The van der Waals surface area contributed by atoms with E-state index in [-0.39, 0.29) is 36.7 Å². The van der Waals surface area contributed by atoms with Gasteiger partial charge in [-0.1, -0.05) is 49.0 Å². The van der Waals surface area contributed by atoms with Crippen LogP contribution < -0.4 is 0 Å². The van der Waals surface area contributed by atoms with Crippen LogP contribution in [0.5, 0.6) is 0 Å². The van der Waals surface area contributed by atoms with Crippen LogP contribution in [0.15, 0.2) is 59.6 Å². The smallest absolute Gasteiger partial charge is 0.261 e. The molecule has 148 valence electrons. The Balaban J connectivity index is 1.49. The Hall–Kier alpha value is -2.93. The van der Waals surface area contributed by atoms with E-state index in [0.29, 0.717) is 16.3 Å². The fourth-order valence-corrected chi connectivity index (χ4v) is 4.84. The first kappa shape index (κ1) is 19.4. The summed E-state index contributed by atoms with van der Waals surface area (Å²) in [5, 5.41) is 0.676. The van der Waals surface area contributed by atoms with Gasteiger partial charge in [-0.25, -0.2) is 4.99 Å². The Morgan fingerprint density at radius 1 is 1.03 bits per heavy atom. The SMILES string of the molecule is CC[C@H]1CSC(=Nc2ccccc2)N1C(=O)CCN1C(=O)c2ccccc2C1=O. The lowest BCUT2D eigenvalue weighted by molar-refractivity contribution is -0.128. The van der Waals surface area contributed by atoms with Crippen LogP contribution in [0.25, 0.3) is 0 Å². The fraction of sp³-hybridized carbons (Fsp3) is 0.273. The van der Waals surface area contributed by atoms with Crippen LogP contribution in [0.2, 0.25) is 0 Å². The van der Waals surface area contributed by atoms with E-state index in [4.69, 9.17) is 0 Å². The summed E-state index contributed by atoms with van der Waals surface area (Å²) in [6.45, 7) is 2.11. The van der Waals surface area contributed by atoms with Gasteiger partial charge in [-0.05, 0) is 30.7 Å². The summed E-state index contributed by atoms with van der Waals surface area (Å²) in [6, 6.07) is 16.4. The van der Waals surface area contributed by atoms with Gasteiger partial charge in [0.2, 0.25) is 5.91 Å². The summed E-state index contributed by atoms with van der Waals surface area (Å²) in [4.78, 5) is 45.6. The number of hydrogen-bond acceptors (Lipinski definition) is 5. The lowest BCUT2D eigenvalue weighted by Crippen LogP contribution is -2.41. The number of amidine groups is 1. The molecule has 2 heterocycles. The van der Waals surface area contributed by atoms with E-state index in [1.54, 1.807) is 40.9 Å². The quantitative estimate of drug-likeness (QED) is 0.709. The van der Waals surface area contributed by atoms with Gasteiger partial charge in [0.25, 0.3) is 11.8 Å². The molecule has 0 saturated carbocycles. The van der Waals surface area contributed by atoms with E-state index in [2.05, 4.69) is 4.99 Å². The number of nitrogens with zero attached hydrogens (tertiary/aromatic N) is 3. The van der Waals surface area contributed by atoms with Gasteiger partial charge in [0.15, 0.2) is 5.17 Å². The van der Waals surface area contributed by atoms with Gasteiger partial charge < -0.3 is 0 Å². The summed E-state index contributed by atoms with van der Waals surface area (Å²) in [5.41, 5.74) is 1.60. The molecule has 6 nitrogen and oxygen atoms in total. The van der Waals surface area contributed by atoms with Crippen LogP contribution in [0.4, 0.5) is 5.69 Å². The summed E-state index contributed by atoms with van der Waals surface area (Å²) in [7, 11) is 0. The minimum absolute atomic E-state index is 0.0668. The number of amides is 3. The lowest BCUT2D eigenvalue weighted by Gasteiger charge is -2.24. The van der Waals surface area contributed by atoms with Gasteiger partial charge in [-0.3, -0.25) is 24.2 Å². The molecule has 2 aromatic rings. The van der Waals surface area contributed by atoms with Crippen molar-refractivity contribution in [3.8, 4) is 0 Å². The summed E-state index contributed by atoms with van der Waals surface area (Å²) in [6.07, 6.45) is 0.899. The second kappa shape index (κ2) is 8.21. The van der Waals surface area contributed by atoms with Crippen LogP contribution in [-0.4, -0.2) is 51.0 Å². The lowest BCUT2D eigenvalue weighted by atomic mass is 10.1. The van der Waals surface area contributed by atoms with Gasteiger partial charge in [-0.15, -0.1) is 0 Å². The maximum absolute atomic E-state index is 13.0. The van der Waals surface area contributed by atoms with E-state index < -0.39 is 0 Å². The number of para-hydroxylation sites is 1. The largest absolute Gasteiger partial charge is 0.287 e. The zero-order valence-corrected chi connectivity index (χ0v) is 16.9. The number of aliphatic imine (C=N–C) groups is 1. The number of carbonyl (C=O) groups excluding carboxylic acids is 3. The van der Waals surface area contributed by atoms with Crippen molar-refractivity contribution in [1.82, 2.24) is 9.80 Å². The third-order valence-corrected chi connectivity index (χ3v) is 6.22. The first-order valence-electron chi connectivity index (χ1n) is 9.64. The Bertz CT molecular complexity index is 955. The minimum Gasteiger partial charge on any atom is -0.287 e. The van der Waals surface area contributed by atoms with E-state index in [1.165, 1.54) is 4.90 Å². The van der Waals surface area contributed by atoms with E-state index in [0.717, 1.165) is 17.9 Å². The monoisotopic (exact) mass is 407 g/mol. The van der Waals surface area contributed by atoms with Crippen molar-refractivity contribution in [2.45, 2.75) is 25.8 Å². The molecule has 1 atom stereocenters. The zero-order chi connectivity index (χ0) is 20.4. The van der Waals surface area contributed by atoms with E-state index in [9.17, 15) is 14.4 Å². The van der Waals surface area contributed by atoms with Gasteiger partial charge in [0, 0.05) is 24.8 Å². The molecule has 1 fully saturated rings. The highest BCUT2D eigenvalue weighted by molar-refractivity contribution is 8.14. The fourth-order valence-electron chi connectivity index (χ4n) is 3.55. The molecule has 4 rings (SSSR count). The first-order valence-corrected chi connectivity index (χ1v) is 10.6. The van der Waals surface area contributed by atoms with Crippen molar-refractivity contribution in [2.75, 3.05) is 12.3 Å². The van der Waals surface area contributed by atoms with Gasteiger partial charge in [0.05, 0.1) is 16.8 Å². The second-order valence-electron chi connectivity index (χ2n) is 6.92. The highest BCUT2D eigenvalue weighted by Gasteiger charge is 2.37. The predicted molar refractivity (Wildman–Crippen MR) is 113 cm³/mol. The van der Waals surface area contributed by atoms with E-state index >= 15 is 0 Å². The van der Waals surface area contributed by atoms with Gasteiger partial charge >= 0.3 is 0 Å². The molecule has 0 unspecified atom stereocenters. The number of fused-ring (bicyclic) bond motifs is 1. The Morgan fingerprint density at radius 2 is 1.66 bits per heavy atom. The molecule has 0 aliphatic carbocycles. The number of carbonyl (C=O) groups is 3. The third kappa shape index (κ3) is 3.70. The highest BCUT2D eigenvalue weighted by Crippen LogP contribution is 2.30. The van der Waals surface area contributed by atoms with Gasteiger partial charge in [-0.2, -0.15) is 0 Å². The maximum Gasteiger partial charge on any atom is 0.261 e. The number of benzene rings is 2. The molecule has 0 spiro atoms. The zero-order valence-electron chi connectivity index (χ0n) is 16.1. The highest BCUT2D eigenvalue weighted by atomic mass is 32.2. The molecular formula is C22H21N3O3S. The van der Waals surface area contributed by atoms with Crippen molar-refractivity contribution in [1.29, 1.82) is 0 Å². The molecule has 2 aliphatic heterocycles. The molecule has 2 aromatic carbocycles. The number of hydrogen-bond donors (Lipinski definition) is 0. The minimum atomic E-state index is -0.334. The molecule has 0 aromatic heterocycles. The average molecular weight is 407 g/mol. The summed E-state index contributed by atoms with van der Waals surface area (Å²) in [5.74, 6) is 0.00732. The number of thioether (sulfide) groups is 1. The number of imide groups is 1. The Labute approximate surface area is 173 Å². The standard InChI is InChI=1S/C22H21N3O3S/c1-2-16-14-29-22(23-15-8-4-3-5-9-15)25(16)19(26)12-13-24-20(27)17-10-6-7-11-18(17)21(24)28/h3-11,16H,2,12-14H2,1H3/t16-/m0/s1. The molecule has 29 heavy (non-hydrogen) atoms. The molecule has 2 aliphatic rings. The van der Waals surface area contributed by atoms with Crippen molar-refractivity contribution in [3.05, 3.63) is 65.7 Å². The summed E-state index contributed by atoms with van der Waals surface area (Å²) >= 11 is 1.56. The van der Waals surface area contributed by atoms with E-state index in [1.807, 2.05) is 37.3 Å². The predicted octanol–water partition coefficient (Wildman–Crippen LogP) is 3.71. The molecule has 0 bridgehead atoms. The first-order chi connectivity index (χ1) is 14.1. The van der Waals surface area contributed by atoms with Crippen LogP contribution in [0.3, 0.4) is 0 Å². The van der Waals surface area contributed by atoms with Crippen molar-refractivity contribution in [2.24, 2.45) is 4.99 Å². The number of rotatable bonds is 5. The normalized spacial score (nSPS) is 19.9. The van der Waals surface area contributed by atoms with Crippen molar-refractivity contribution in [3.63, 3.8) is 0 Å². The summed E-state index contributed by atoms with van der Waals surface area (Å²) < 4.78 is 0. The topological polar surface area (TPSA) is 70.1 Å². The molecule has 3 amide bonds. The van der Waals surface area contributed by atoms with Crippen LogP contribution in [-0.2, 0) is 4.79 Å². The average Bonchev–Trinajstić information content (AvgIpc) is 3.26. The second-order valence-corrected chi connectivity index (χ2v) is 7.91. The molecule has 1 saturated heterocycles. The van der Waals surface area contributed by atoms with Gasteiger partial charge in [0.1, 0.15) is 0 Å². The molecule has 7 heteroatoms. The Kier molecular flexibility index (Phi) is 5.49. The Morgan fingerprint density at radius 3 is 2.28 bits per heavy atom.